The van der Waals surface area contributed by atoms with Crippen molar-refractivity contribution in [3.8, 4) is 11.3 Å². The molecule has 0 saturated carbocycles. The van der Waals surface area contributed by atoms with Gasteiger partial charge in [0.05, 0.1) is 5.69 Å². The standard InChI is InChI=1S/C18H20N4OS.ClH/c23-17(11-13-5-7-19-8-6-13)20-15-3-1-14(2-4-15)16-12-22-9-10-24-18(22)21-16;/h1-4,9-10,12-13,19H,5-8,11H2,(H,20,23);1H. The molecule has 7 heteroatoms. The highest BCUT2D eigenvalue weighted by atomic mass is 35.5. The summed E-state index contributed by atoms with van der Waals surface area (Å²) in [6.45, 7) is 2.05. The molecule has 5 nitrogen and oxygen atoms in total. The lowest BCUT2D eigenvalue weighted by atomic mass is 9.94. The molecule has 1 saturated heterocycles. The van der Waals surface area contributed by atoms with E-state index in [1.807, 2.05) is 46.4 Å². The van der Waals surface area contributed by atoms with Crippen molar-refractivity contribution in [3.63, 3.8) is 0 Å². The Bertz CT molecular complexity index is 808. The molecule has 0 bridgehead atoms. The van der Waals surface area contributed by atoms with Gasteiger partial charge >= 0.3 is 0 Å². The van der Waals surface area contributed by atoms with Crippen molar-refractivity contribution in [1.82, 2.24) is 14.7 Å². The zero-order valence-electron chi connectivity index (χ0n) is 13.8. The smallest absolute Gasteiger partial charge is 0.224 e. The number of amides is 1. The third kappa shape index (κ3) is 4.21. The molecular formula is C18H21ClN4OS. The van der Waals surface area contributed by atoms with E-state index in [-0.39, 0.29) is 18.3 Å². The van der Waals surface area contributed by atoms with Gasteiger partial charge in [-0.15, -0.1) is 23.7 Å². The second-order valence-corrected chi connectivity index (χ2v) is 7.12. The molecule has 1 fully saturated rings. The van der Waals surface area contributed by atoms with Gasteiger partial charge in [-0.1, -0.05) is 12.1 Å². The van der Waals surface area contributed by atoms with Crippen LogP contribution in [0.15, 0.2) is 42.0 Å². The molecule has 0 radical (unpaired) electrons. The number of halogens is 1. The van der Waals surface area contributed by atoms with E-state index in [0.29, 0.717) is 12.3 Å². The highest BCUT2D eigenvalue weighted by Gasteiger charge is 2.16. The molecule has 25 heavy (non-hydrogen) atoms. The van der Waals surface area contributed by atoms with E-state index in [1.165, 1.54) is 0 Å². The summed E-state index contributed by atoms with van der Waals surface area (Å²) in [5, 5.41) is 8.36. The average molecular weight is 377 g/mol. The number of anilines is 1. The van der Waals surface area contributed by atoms with Crippen LogP contribution in [0.3, 0.4) is 0 Å². The maximum absolute atomic E-state index is 12.2. The molecule has 3 aromatic rings. The largest absolute Gasteiger partial charge is 0.326 e. The minimum atomic E-state index is 0. The van der Waals surface area contributed by atoms with E-state index in [1.54, 1.807) is 11.3 Å². The number of nitrogens with one attached hydrogen (secondary N) is 2. The summed E-state index contributed by atoms with van der Waals surface area (Å²) < 4.78 is 2.02. The van der Waals surface area contributed by atoms with E-state index < -0.39 is 0 Å². The number of carbonyl (C=O) groups excluding carboxylic acids is 1. The highest BCUT2D eigenvalue weighted by Crippen LogP contribution is 2.23. The van der Waals surface area contributed by atoms with Crippen LogP contribution in [0.2, 0.25) is 0 Å². The number of benzene rings is 1. The van der Waals surface area contributed by atoms with E-state index in [4.69, 9.17) is 0 Å². The lowest BCUT2D eigenvalue weighted by Crippen LogP contribution is -2.30. The Morgan fingerprint density at radius 2 is 2.04 bits per heavy atom. The molecule has 0 spiro atoms. The van der Waals surface area contributed by atoms with Crippen LogP contribution in [-0.4, -0.2) is 28.4 Å². The zero-order valence-corrected chi connectivity index (χ0v) is 15.4. The minimum Gasteiger partial charge on any atom is -0.326 e. The normalized spacial score (nSPS) is 15.0. The fraction of sp³-hybridized carbons (Fsp3) is 0.333. The molecular weight excluding hydrogens is 356 g/mol. The monoisotopic (exact) mass is 376 g/mol. The fourth-order valence-corrected chi connectivity index (χ4v) is 3.85. The van der Waals surface area contributed by atoms with Crippen LogP contribution in [0, 0.1) is 5.92 Å². The number of hydrogen-bond acceptors (Lipinski definition) is 4. The van der Waals surface area contributed by atoms with Crippen LogP contribution in [0.5, 0.6) is 0 Å². The van der Waals surface area contributed by atoms with Crippen molar-refractivity contribution in [2.24, 2.45) is 5.92 Å². The Hall–Kier alpha value is -1.89. The number of carbonyl (C=O) groups is 1. The molecule has 1 amide bonds. The third-order valence-electron chi connectivity index (χ3n) is 4.49. The Labute approximate surface area is 156 Å². The van der Waals surface area contributed by atoms with Gasteiger partial charge in [0, 0.05) is 35.4 Å². The van der Waals surface area contributed by atoms with Gasteiger partial charge in [0.1, 0.15) is 0 Å². The first-order valence-electron chi connectivity index (χ1n) is 8.31. The molecule has 2 N–H and O–H groups in total. The van der Waals surface area contributed by atoms with E-state index >= 15 is 0 Å². The number of piperidine rings is 1. The highest BCUT2D eigenvalue weighted by molar-refractivity contribution is 7.15. The van der Waals surface area contributed by atoms with Crippen LogP contribution in [0.1, 0.15) is 19.3 Å². The topological polar surface area (TPSA) is 58.4 Å². The van der Waals surface area contributed by atoms with Crippen molar-refractivity contribution < 1.29 is 4.79 Å². The van der Waals surface area contributed by atoms with Crippen molar-refractivity contribution in [1.29, 1.82) is 0 Å². The van der Waals surface area contributed by atoms with Crippen LogP contribution in [0.25, 0.3) is 16.2 Å². The van der Waals surface area contributed by atoms with Gasteiger partial charge in [0.2, 0.25) is 5.91 Å². The van der Waals surface area contributed by atoms with Crippen LogP contribution in [-0.2, 0) is 4.79 Å². The van der Waals surface area contributed by atoms with E-state index in [2.05, 4.69) is 15.6 Å². The molecule has 0 aliphatic carbocycles. The Balaban J connectivity index is 0.00000182. The third-order valence-corrected chi connectivity index (χ3v) is 5.26. The fourth-order valence-electron chi connectivity index (χ4n) is 3.15. The Morgan fingerprint density at radius 1 is 1.28 bits per heavy atom. The second kappa shape index (κ2) is 7.99. The van der Waals surface area contributed by atoms with Crippen LogP contribution >= 0.6 is 23.7 Å². The SMILES string of the molecule is Cl.O=C(CC1CCNCC1)Nc1ccc(-c2cn3ccsc3n2)cc1. The molecule has 1 aromatic carbocycles. The van der Waals surface area contributed by atoms with E-state index in [9.17, 15) is 4.79 Å². The predicted molar refractivity (Wildman–Crippen MR) is 105 cm³/mol. The van der Waals surface area contributed by atoms with Gasteiger partial charge in [-0.2, -0.15) is 0 Å². The van der Waals surface area contributed by atoms with Gasteiger partial charge < -0.3 is 10.6 Å². The van der Waals surface area contributed by atoms with Gasteiger partial charge in [-0.25, -0.2) is 4.98 Å². The lowest BCUT2D eigenvalue weighted by Gasteiger charge is -2.21. The maximum atomic E-state index is 12.2. The summed E-state index contributed by atoms with van der Waals surface area (Å²) in [7, 11) is 0. The first kappa shape index (κ1) is 17.9. The molecule has 3 heterocycles. The van der Waals surface area contributed by atoms with Crippen molar-refractivity contribution in [2.45, 2.75) is 19.3 Å². The van der Waals surface area contributed by atoms with Crippen molar-refractivity contribution in [3.05, 3.63) is 42.0 Å². The molecule has 4 rings (SSSR count). The predicted octanol–water partition coefficient (Wildman–Crippen LogP) is 3.81. The van der Waals surface area contributed by atoms with Crippen LogP contribution < -0.4 is 10.6 Å². The number of aromatic nitrogens is 2. The second-order valence-electron chi connectivity index (χ2n) is 6.24. The quantitative estimate of drug-likeness (QED) is 0.727. The maximum Gasteiger partial charge on any atom is 0.224 e. The summed E-state index contributed by atoms with van der Waals surface area (Å²) >= 11 is 1.62. The molecule has 132 valence electrons. The molecule has 0 atom stereocenters. The zero-order chi connectivity index (χ0) is 16.4. The molecule has 1 aliphatic heterocycles. The molecule has 1 aliphatic rings. The molecule has 0 unspecified atom stereocenters. The van der Waals surface area contributed by atoms with Crippen LogP contribution in [0.4, 0.5) is 5.69 Å². The van der Waals surface area contributed by atoms with Gasteiger partial charge in [0.25, 0.3) is 0 Å². The number of nitrogens with zero attached hydrogens (tertiary/aromatic N) is 2. The number of hydrogen-bond donors (Lipinski definition) is 2. The van der Waals surface area contributed by atoms with E-state index in [0.717, 1.165) is 47.8 Å². The van der Waals surface area contributed by atoms with Crippen molar-refractivity contribution >= 4 is 40.3 Å². The minimum absolute atomic E-state index is 0. The Morgan fingerprint density at radius 3 is 2.76 bits per heavy atom. The number of rotatable bonds is 4. The summed E-state index contributed by atoms with van der Waals surface area (Å²) in [6, 6.07) is 7.91. The summed E-state index contributed by atoms with van der Waals surface area (Å²) in [4.78, 5) is 17.8. The first-order chi connectivity index (χ1) is 11.8. The van der Waals surface area contributed by atoms with Crippen molar-refractivity contribution in [2.75, 3.05) is 18.4 Å². The summed E-state index contributed by atoms with van der Waals surface area (Å²) in [5.74, 6) is 0.612. The first-order valence-corrected chi connectivity index (χ1v) is 9.19. The van der Waals surface area contributed by atoms with Gasteiger partial charge in [-0.3, -0.25) is 9.20 Å². The van der Waals surface area contributed by atoms with Gasteiger partial charge in [0.15, 0.2) is 4.96 Å². The van der Waals surface area contributed by atoms with Gasteiger partial charge in [-0.05, 0) is 44.0 Å². The number of thiazole rings is 1. The summed E-state index contributed by atoms with van der Waals surface area (Å²) in [6.07, 6.45) is 6.82. The average Bonchev–Trinajstić information content (AvgIpc) is 3.18. The number of imidazole rings is 1. The lowest BCUT2D eigenvalue weighted by molar-refractivity contribution is -0.117. The number of fused-ring (bicyclic) bond motifs is 1. The summed E-state index contributed by atoms with van der Waals surface area (Å²) in [5.41, 5.74) is 2.86. The Kier molecular flexibility index (Phi) is 5.73. The molecule has 2 aromatic heterocycles.